The third kappa shape index (κ3) is 5.29. The lowest BCUT2D eigenvalue weighted by Crippen LogP contribution is -2.25. The lowest BCUT2D eigenvalue weighted by Gasteiger charge is -2.21. The average Bonchev–Trinajstić information content (AvgIpc) is 2.97. The molecular formula is C21H27NO5. The lowest BCUT2D eigenvalue weighted by molar-refractivity contribution is -0.144. The second kappa shape index (κ2) is 10.3. The van der Waals surface area contributed by atoms with Gasteiger partial charge in [-0.25, -0.2) is 4.79 Å². The average molecular weight is 373 g/mol. The summed E-state index contributed by atoms with van der Waals surface area (Å²) in [7, 11) is 1.34. The highest BCUT2D eigenvalue weighted by atomic mass is 16.5. The molecule has 27 heavy (non-hydrogen) atoms. The predicted octanol–water partition coefficient (Wildman–Crippen LogP) is 3.83. The number of methoxy groups -OCH3 is 1. The number of Topliss-reactive ketones (excluding diaryl/α,β-unsaturated/α-hetero) is 1. The van der Waals surface area contributed by atoms with Gasteiger partial charge in [-0.1, -0.05) is 26.0 Å². The zero-order valence-electron chi connectivity index (χ0n) is 16.7. The van der Waals surface area contributed by atoms with E-state index in [0.717, 1.165) is 17.0 Å². The zero-order chi connectivity index (χ0) is 20.6. The first kappa shape index (κ1) is 22.2. The minimum atomic E-state index is -0.587. The molecule has 0 N–H and O–H groups in total. The first-order chi connectivity index (χ1) is 12.9. The molecule has 1 aromatic carbocycles. The van der Waals surface area contributed by atoms with Gasteiger partial charge < -0.3 is 14.0 Å². The largest absolute Gasteiger partial charge is 0.467 e. The van der Waals surface area contributed by atoms with Crippen LogP contribution in [0.3, 0.4) is 0 Å². The lowest BCUT2D eigenvalue weighted by atomic mass is 10.0. The highest BCUT2D eigenvalue weighted by Gasteiger charge is 2.26. The quantitative estimate of drug-likeness (QED) is 0.419. The summed E-state index contributed by atoms with van der Waals surface area (Å²) in [6.07, 6.45) is 0.391. The van der Waals surface area contributed by atoms with E-state index < -0.39 is 6.04 Å². The Morgan fingerprint density at radius 2 is 1.74 bits per heavy atom. The van der Waals surface area contributed by atoms with E-state index in [2.05, 4.69) is 0 Å². The summed E-state index contributed by atoms with van der Waals surface area (Å²) in [5.41, 5.74) is 3.03. The van der Waals surface area contributed by atoms with Crippen LogP contribution in [0.2, 0.25) is 0 Å². The van der Waals surface area contributed by atoms with E-state index in [9.17, 15) is 14.4 Å². The molecule has 146 valence electrons. The van der Waals surface area contributed by atoms with E-state index in [1.54, 1.807) is 30.3 Å². The Labute approximate surface area is 160 Å². The van der Waals surface area contributed by atoms with Gasteiger partial charge in [0.15, 0.2) is 5.78 Å². The molecule has 0 aliphatic carbocycles. The number of nitrogens with zero attached hydrogens (tertiary/aromatic N) is 1. The van der Waals surface area contributed by atoms with E-state index in [0.29, 0.717) is 24.2 Å². The zero-order valence-corrected chi connectivity index (χ0v) is 16.7. The third-order valence-corrected chi connectivity index (χ3v) is 4.19. The summed E-state index contributed by atoms with van der Waals surface area (Å²) in [6.45, 7) is 9.55. The fraction of sp³-hybridized carbons (Fsp3) is 0.381. The van der Waals surface area contributed by atoms with E-state index in [1.165, 1.54) is 14.0 Å². The predicted molar refractivity (Wildman–Crippen MR) is 103 cm³/mol. The molecule has 0 bridgehead atoms. The van der Waals surface area contributed by atoms with Gasteiger partial charge in [-0.05, 0) is 44.5 Å². The van der Waals surface area contributed by atoms with Crippen molar-refractivity contribution < 1.29 is 23.9 Å². The molecule has 0 aliphatic rings. The maximum absolute atomic E-state index is 12.4. The normalized spacial score (nSPS) is 11.0. The Balaban J connectivity index is 0.00000176. The van der Waals surface area contributed by atoms with Gasteiger partial charge in [0.05, 0.1) is 7.11 Å². The molecule has 0 saturated heterocycles. The molecule has 0 radical (unpaired) electrons. The molecule has 0 spiro atoms. The molecule has 0 fully saturated rings. The molecule has 1 heterocycles. The summed E-state index contributed by atoms with van der Waals surface area (Å²) in [5, 5.41) is 0. The molecule has 1 aromatic heterocycles. The van der Waals surface area contributed by atoms with Crippen molar-refractivity contribution in [3.8, 4) is 5.75 Å². The van der Waals surface area contributed by atoms with Crippen molar-refractivity contribution in [2.75, 3.05) is 7.11 Å². The van der Waals surface area contributed by atoms with Crippen molar-refractivity contribution in [3.63, 3.8) is 0 Å². The van der Waals surface area contributed by atoms with Crippen molar-refractivity contribution in [2.45, 2.75) is 47.1 Å². The molecule has 1 atom stereocenters. The minimum absolute atomic E-state index is 0.0432. The number of benzene rings is 1. The summed E-state index contributed by atoms with van der Waals surface area (Å²) < 4.78 is 11.6. The van der Waals surface area contributed by atoms with Crippen LogP contribution in [-0.4, -0.2) is 29.9 Å². The maximum Gasteiger partial charge on any atom is 0.329 e. The van der Waals surface area contributed by atoms with Gasteiger partial charge in [0, 0.05) is 23.4 Å². The van der Waals surface area contributed by atoms with Gasteiger partial charge in [0.25, 0.3) is 6.47 Å². The molecule has 0 aliphatic heterocycles. The number of carbonyl (C=O) groups is 3. The fourth-order valence-corrected chi connectivity index (χ4v) is 3.01. The van der Waals surface area contributed by atoms with Crippen LogP contribution in [-0.2, 0) is 20.7 Å². The molecule has 6 heteroatoms. The Morgan fingerprint density at radius 3 is 2.19 bits per heavy atom. The van der Waals surface area contributed by atoms with Gasteiger partial charge >= 0.3 is 5.97 Å². The molecule has 2 rings (SSSR count). The monoisotopic (exact) mass is 373 g/mol. The van der Waals surface area contributed by atoms with Gasteiger partial charge in [-0.15, -0.1) is 0 Å². The second-order valence-electron chi connectivity index (χ2n) is 5.81. The van der Waals surface area contributed by atoms with Gasteiger partial charge in [-0.3, -0.25) is 9.59 Å². The highest BCUT2D eigenvalue weighted by molar-refractivity contribution is 5.95. The Kier molecular flexibility index (Phi) is 8.45. The van der Waals surface area contributed by atoms with E-state index in [1.807, 2.05) is 32.3 Å². The van der Waals surface area contributed by atoms with Crippen LogP contribution in [0.25, 0.3) is 0 Å². The van der Waals surface area contributed by atoms with E-state index in [4.69, 9.17) is 9.47 Å². The Morgan fingerprint density at radius 1 is 1.15 bits per heavy atom. The smallest absolute Gasteiger partial charge is 0.329 e. The maximum atomic E-state index is 12.4. The molecule has 1 unspecified atom stereocenters. The highest BCUT2D eigenvalue weighted by Crippen LogP contribution is 2.25. The van der Waals surface area contributed by atoms with Crippen molar-refractivity contribution in [1.29, 1.82) is 0 Å². The van der Waals surface area contributed by atoms with Gasteiger partial charge in [0.1, 0.15) is 11.8 Å². The Bertz CT molecular complexity index is 790. The molecular weight excluding hydrogens is 346 g/mol. The number of carbonyl (C=O) groups excluding carboxylic acids is 3. The van der Waals surface area contributed by atoms with Crippen LogP contribution in [0.4, 0.5) is 0 Å². The first-order valence-corrected chi connectivity index (χ1v) is 8.85. The van der Waals surface area contributed by atoms with Crippen LogP contribution in [0.5, 0.6) is 5.75 Å². The number of rotatable bonds is 7. The first-order valence-electron chi connectivity index (χ1n) is 8.85. The summed E-state index contributed by atoms with van der Waals surface area (Å²) in [4.78, 5) is 34.5. The number of hydrogen-bond donors (Lipinski definition) is 0. The summed E-state index contributed by atoms with van der Waals surface area (Å²) in [6, 6.07) is 8.09. The summed E-state index contributed by atoms with van der Waals surface area (Å²) in [5.74, 6) is 0.00371. The third-order valence-electron chi connectivity index (χ3n) is 4.19. The van der Waals surface area contributed by atoms with Crippen LogP contribution in [0.15, 0.2) is 30.3 Å². The Hall–Kier alpha value is -2.89. The van der Waals surface area contributed by atoms with Crippen LogP contribution < -0.4 is 4.74 Å². The topological polar surface area (TPSA) is 74.6 Å². The van der Waals surface area contributed by atoms with Crippen molar-refractivity contribution >= 4 is 18.2 Å². The SMILES string of the molecule is CC.COC(=O)C(Cc1ccc(OC=O)cc1)n1c(C)cc(C(C)=O)c1C. The number of aromatic nitrogens is 1. The van der Waals surface area contributed by atoms with Crippen LogP contribution in [0.1, 0.15) is 54.1 Å². The molecule has 0 saturated carbocycles. The standard InChI is InChI=1S/C19H21NO5.C2H6/c1-12-9-17(14(3)22)13(2)20(12)18(19(23)24-4)10-15-5-7-16(8-6-15)25-11-21;1-2/h5-9,11,18H,10H2,1-4H3;1-2H3. The van der Waals surface area contributed by atoms with Gasteiger partial charge in [0.2, 0.25) is 0 Å². The minimum Gasteiger partial charge on any atom is -0.467 e. The molecule has 0 amide bonds. The van der Waals surface area contributed by atoms with Crippen LogP contribution >= 0.6 is 0 Å². The number of ketones is 1. The molecule has 2 aromatic rings. The fourth-order valence-electron chi connectivity index (χ4n) is 3.01. The summed E-state index contributed by atoms with van der Waals surface area (Å²) >= 11 is 0. The van der Waals surface area contributed by atoms with E-state index in [-0.39, 0.29) is 11.8 Å². The number of hydrogen-bond acceptors (Lipinski definition) is 5. The second-order valence-corrected chi connectivity index (χ2v) is 5.81. The number of esters is 1. The van der Waals surface area contributed by atoms with Crippen molar-refractivity contribution in [1.82, 2.24) is 4.57 Å². The van der Waals surface area contributed by atoms with E-state index >= 15 is 0 Å². The number of aryl methyl sites for hydroxylation is 1. The molecule has 6 nitrogen and oxygen atoms in total. The van der Waals surface area contributed by atoms with Gasteiger partial charge in [-0.2, -0.15) is 0 Å². The van der Waals surface area contributed by atoms with Crippen molar-refractivity contribution in [2.24, 2.45) is 0 Å². The van der Waals surface area contributed by atoms with Crippen LogP contribution in [0, 0.1) is 13.8 Å². The van der Waals surface area contributed by atoms with Crippen molar-refractivity contribution in [3.05, 3.63) is 52.8 Å². The number of ether oxygens (including phenoxy) is 2.